The predicted octanol–water partition coefficient (Wildman–Crippen LogP) is 3.78. The Kier molecular flexibility index (Phi) is 4.88. The number of carbonyl (C=O) groups excluding carboxylic acids is 1. The van der Waals surface area contributed by atoms with Crippen molar-refractivity contribution in [3.05, 3.63) is 59.9 Å². The van der Waals surface area contributed by atoms with Gasteiger partial charge < -0.3 is 5.32 Å². The molecule has 0 spiro atoms. The predicted molar refractivity (Wildman–Crippen MR) is 81.7 cm³/mol. The van der Waals surface area contributed by atoms with E-state index in [1.807, 2.05) is 6.07 Å². The third kappa shape index (κ3) is 4.19. The van der Waals surface area contributed by atoms with Crippen molar-refractivity contribution in [3.8, 4) is 0 Å². The Morgan fingerprint density at radius 3 is 2.55 bits per heavy atom. The Hall–Kier alpha value is -2.16. The van der Waals surface area contributed by atoms with Crippen LogP contribution in [0.4, 0.5) is 5.69 Å². The number of hydrogen-bond acceptors (Lipinski definition) is 2. The molecule has 0 unspecified atom stereocenters. The summed E-state index contributed by atoms with van der Waals surface area (Å²) in [6.45, 7) is 4.35. The first-order chi connectivity index (χ1) is 9.65. The smallest absolute Gasteiger partial charge is 0.224 e. The average molecular weight is 268 g/mol. The lowest BCUT2D eigenvalue weighted by Crippen LogP contribution is -2.12. The number of carbonyl (C=O) groups is 1. The quantitative estimate of drug-likeness (QED) is 0.896. The van der Waals surface area contributed by atoms with Gasteiger partial charge in [0.15, 0.2) is 0 Å². The number of aromatic nitrogens is 1. The Bertz CT molecular complexity index is 547. The number of amides is 1. The normalized spacial score (nSPS) is 10.6. The van der Waals surface area contributed by atoms with Gasteiger partial charge in [0.2, 0.25) is 5.91 Å². The molecular weight excluding hydrogens is 248 g/mol. The Balaban J connectivity index is 1.84. The number of nitrogens with zero attached hydrogens (tertiary/aromatic N) is 1. The fourth-order valence-electron chi connectivity index (χ4n) is 1.99. The molecule has 3 heteroatoms. The SMILES string of the molecule is CC(C)c1ccc(CCC(=O)Nc2cccnc2)cc1. The molecule has 1 heterocycles. The zero-order valence-electron chi connectivity index (χ0n) is 12.0. The van der Waals surface area contributed by atoms with Crippen LogP contribution in [0.15, 0.2) is 48.8 Å². The molecule has 0 aliphatic heterocycles. The van der Waals surface area contributed by atoms with E-state index in [9.17, 15) is 4.79 Å². The van der Waals surface area contributed by atoms with Crippen LogP contribution in [-0.4, -0.2) is 10.9 Å². The fourth-order valence-corrected chi connectivity index (χ4v) is 1.99. The van der Waals surface area contributed by atoms with Crippen molar-refractivity contribution < 1.29 is 4.79 Å². The van der Waals surface area contributed by atoms with Gasteiger partial charge in [0.1, 0.15) is 0 Å². The number of rotatable bonds is 5. The largest absolute Gasteiger partial charge is 0.325 e. The molecule has 1 aromatic carbocycles. The Morgan fingerprint density at radius 2 is 1.95 bits per heavy atom. The van der Waals surface area contributed by atoms with Crippen LogP contribution in [-0.2, 0) is 11.2 Å². The number of hydrogen-bond donors (Lipinski definition) is 1. The highest BCUT2D eigenvalue weighted by molar-refractivity contribution is 5.90. The number of pyridine rings is 1. The van der Waals surface area contributed by atoms with Gasteiger partial charge >= 0.3 is 0 Å². The summed E-state index contributed by atoms with van der Waals surface area (Å²) < 4.78 is 0. The van der Waals surface area contributed by atoms with Gasteiger partial charge in [-0.1, -0.05) is 38.1 Å². The zero-order chi connectivity index (χ0) is 14.4. The van der Waals surface area contributed by atoms with Gasteiger partial charge in [-0.2, -0.15) is 0 Å². The van der Waals surface area contributed by atoms with Crippen LogP contribution in [0, 0.1) is 0 Å². The second-order valence-electron chi connectivity index (χ2n) is 5.19. The van der Waals surface area contributed by atoms with E-state index < -0.39 is 0 Å². The van der Waals surface area contributed by atoms with E-state index in [-0.39, 0.29) is 5.91 Å². The summed E-state index contributed by atoms with van der Waals surface area (Å²) in [6.07, 6.45) is 4.57. The molecule has 20 heavy (non-hydrogen) atoms. The van der Waals surface area contributed by atoms with Gasteiger partial charge in [0.25, 0.3) is 0 Å². The Labute approximate surface area is 120 Å². The molecule has 1 amide bonds. The van der Waals surface area contributed by atoms with Gasteiger partial charge in [0, 0.05) is 12.6 Å². The second-order valence-corrected chi connectivity index (χ2v) is 5.19. The van der Waals surface area contributed by atoms with Gasteiger partial charge in [-0.15, -0.1) is 0 Å². The van der Waals surface area contributed by atoms with E-state index >= 15 is 0 Å². The van der Waals surface area contributed by atoms with Crippen LogP contribution < -0.4 is 5.32 Å². The molecule has 2 rings (SSSR count). The molecule has 0 aliphatic rings. The van der Waals surface area contributed by atoms with Gasteiger partial charge in [-0.25, -0.2) is 0 Å². The maximum atomic E-state index is 11.8. The first-order valence-corrected chi connectivity index (χ1v) is 6.94. The molecule has 104 valence electrons. The summed E-state index contributed by atoms with van der Waals surface area (Å²) in [4.78, 5) is 15.8. The summed E-state index contributed by atoms with van der Waals surface area (Å²) in [7, 11) is 0. The van der Waals surface area contributed by atoms with Crippen molar-refractivity contribution in [2.24, 2.45) is 0 Å². The van der Waals surface area contributed by atoms with E-state index in [4.69, 9.17) is 0 Å². The van der Waals surface area contributed by atoms with Crippen molar-refractivity contribution in [1.29, 1.82) is 0 Å². The fraction of sp³-hybridized carbons (Fsp3) is 0.294. The minimum absolute atomic E-state index is 0.0194. The van der Waals surface area contributed by atoms with Crippen LogP contribution in [0.25, 0.3) is 0 Å². The third-order valence-corrected chi connectivity index (χ3v) is 3.23. The van der Waals surface area contributed by atoms with Gasteiger partial charge in [0.05, 0.1) is 11.9 Å². The summed E-state index contributed by atoms with van der Waals surface area (Å²) in [5.74, 6) is 0.559. The lowest BCUT2D eigenvalue weighted by molar-refractivity contribution is -0.116. The van der Waals surface area contributed by atoms with E-state index in [1.165, 1.54) is 11.1 Å². The monoisotopic (exact) mass is 268 g/mol. The molecule has 0 aliphatic carbocycles. The summed E-state index contributed by atoms with van der Waals surface area (Å²) in [6, 6.07) is 12.1. The molecule has 0 saturated carbocycles. The highest BCUT2D eigenvalue weighted by Gasteiger charge is 2.04. The van der Waals surface area contributed by atoms with Gasteiger partial charge in [-0.05, 0) is 35.6 Å². The zero-order valence-corrected chi connectivity index (χ0v) is 12.0. The van der Waals surface area contributed by atoms with Crippen LogP contribution in [0.2, 0.25) is 0 Å². The molecule has 0 saturated heterocycles. The van der Waals surface area contributed by atoms with Crippen molar-refractivity contribution >= 4 is 11.6 Å². The van der Waals surface area contributed by atoms with Crippen LogP contribution >= 0.6 is 0 Å². The molecular formula is C17H20N2O. The van der Waals surface area contributed by atoms with Crippen molar-refractivity contribution in [3.63, 3.8) is 0 Å². The maximum absolute atomic E-state index is 11.8. The molecule has 3 nitrogen and oxygen atoms in total. The average Bonchev–Trinajstić information content (AvgIpc) is 2.46. The molecule has 1 aromatic heterocycles. The van der Waals surface area contributed by atoms with Crippen LogP contribution in [0.5, 0.6) is 0 Å². The third-order valence-electron chi connectivity index (χ3n) is 3.23. The minimum atomic E-state index is 0.0194. The summed E-state index contributed by atoms with van der Waals surface area (Å²) in [5.41, 5.74) is 3.26. The topological polar surface area (TPSA) is 42.0 Å². The number of benzene rings is 1. The highest BCUT2D eigenvalue weighted by Crippen LogP contribution is 2.15. The molecule has 0 atom stereocenters. The molecule has 0 fully saturated rings. The van der Waals surface area contributed by atoms with Gasteiger partial charge in [-0.3, -0.25) is 9.78 Å². The number of aryl methyl sites for hydroxylation is 1. The molecule has 0 bridgehead atoms. The van der Waals surface area contributed by atoms with E-state index in [2.05, 4.69) is 48.4 Å². The second kappa shape index (κ2) is 6.85. The lowest BCUT2D eigenvalue weighted by Gasteiger charge is -2.07. The van der Waals surface area contributed by atoms with E-state index in [1.54, 1.807) is 18.5 Å². The number of anilines is 1. The molecule has 2 aromatic rings. The van der Waals surface area contributed by atoms with Crippen molar-refractivity contribution in [1.82, 2.24) is 4.98 Å². The summed E-state index contributed by atoms with van der Waals surface area (Å²) >= 11 is 0. The van der Waals surface area contributed by atoms with Crippen molar-refractivity contribution in [2.75, 3.05) is 5.32 Å². The van der Waals surface area contributed by atoms with E-state index in [0.717, 1.165) is 12.1 Å². The lowest BCUT2D eigenvalue weighted by atomic mass is 10.0. The van der Waals surface area contributed by atoms with Crippen molar-refractivity contribution in [2.45, 2.75) is 32.6 Å². The maximum Gasteiger partial charge on any atom is 0.224 e. The first-order valence-electron chi connectivity index (χ1n) is 6.94. The van der Waals surface area contributed by atoms with Crippen LogP contribution in [0.3, 0.4) is 0 Å². The summed E-state index contributed by atoms with van der Waals surface area (Å²) in [5, 5.41) is 2.84. The molecule has 0 radical (unpaired) electrons. The first kappa shape index (κ1) is 14.3. The standard InChI is InChI=1S/C17H20N2O/c1-13(2)15-8-5-14(6-9-15)7-10-17(20)19-16-4-3-11-18-12-16/h3-6,8-9,11-13H,7,10H2,1-2H3,(H,19,20). The number of nitrogens with one attached hydrogen (secondary N) is 1. The molecule has 1 N–H and O–H groups in total. The van der Waals surface area contributed by atoms with E-state index in [0.29, 0.717) is 12.3 Å². The highest BCUT2D eigenvalue weighted by atomic mass is 16.1. The minimum Gasteiger partial charge on any atom is -0.325 e. The Morgan fingerprint density at radius 1 is 1.20 bits per heavy atom. The van der Waals surface area contributed by atoms with Crippen LogP contribution in [0.1, 0.15) is 37.3 Å².